The minimum atomic E-state index is -1.05. The SMILES string of the molecule is CC(C)(C)C(=O)NCC1CCCN(C(=O)c2cccc(C(=O)O)c2)C1. The molecule has 1 atom stereocenters. The van der Waals surface area contributed by atoms with Crippen molar-refractivity contribution >= 4 is 17.8 Å². The van der Waals surface area contributed by atoms with Crippen LogP contribution < -0.4 is 5.32 Å². The minimum absolute atomic E-state index is 0.00473. The van der Waals surface area contributed by atoms with Crippen LogP contribution in [0.3, 0.4) is 0 Å². The van der Waals surface area contributed by atoms with Gasteiger partial charge in [-0.1, -0.05) is 26.8 Å². The third-order valence-corrected chi connectivity index (χ3v) is 4.40. The van der Waals surface area contributed by atoms with Crippen molar-refractivity contribution in [2.75, 3.05) is 19.6 Å². The van der Waals surface area contributed by atoms with E-state index < -0.39 is 11.4 Å². The Morgan fingerprint density at radius 2 is 1.92 bits per heavy atom. The summed E-state index contributed by atoms with van der Waals surface area (Å²) in [5, 5.41) is 12.0. The maximum absolute atomic E-state index is 12.7. The second-order valence-electron chi connectivity index (χ2n) is 7.61. The molecule has 1 aliphatic heterocycles. The van der Waals surface area contributed by atoms with E-state index in [1.54, 1.807) is 17.0 Å². The van der Waals surface area contributed by atoms with Crippen molar-refractivity contribution in [3.8, 4) is 0 Å². The summed E-state index contributed by atoms with van der Waals surface area (Å²) in [6.07, 6.45) is 1.84. The second-order valence-corrected chi connectivity index (χ2v) is 7.61. The van der Waals surface area contributed by atoms with Crippen LogP contribution in [-0.4, -0.2) is 47.4 Å². The molecule has 6 heteroatoms. The predicted octanol–water partition coefficient (Wildman–Crippen LogP) is 2.40. The molecule has 1 fully saturated rings. The number of carboxylic acid groups (broad SMARTS) is 1. The van der Waals surface area contributed by atoms with Crippen LogP contribution >= 0.6 is 0 Å². The van der Waals surface area contributed by atoms with Gasteiger partial charge in [-0.15, -0.1) is 0 Å². The molecular weight excluding hydrogens is 320 g/mol. The number of nitrogens with one attached hydrogen (secondary N) is 1. The lowest BCUT2D eigenvalue weighted by atomic mass is 9.93. The molecular formula is C19H26N2O4. The lowest BCUT2D eigenvalue weighted by Gasteiger charge is -2.33. The van der Waals surface area contributed by atoms with Gasteiger partial charge in [-0.3, -0.25) is 9.59 Å². The van der Waals surface area contributed by atoms with Crippen LogP contribution in [0.25, 0.3) is 0 Å². The van der Waals surface area contributed by atoms with Crippen LogP contribution in [0.1, 0.15) is 54.3 Å². The van der Waals surface area contributed by atoms with Crippen molar-refractivity contribution in [3.63, 3.8) is 0 Å². The number of benzene rings is 1. The van der Waals surface area contributed by atoms with E-state index in [0.717, 1.165) is 12.8 Å². The van der Waals surface area contributed by atoms with Crippen LogP contribution in [0.5, 0.6) is 0 Å². The molecule has 0 bridgehead atoms. The first kappa shape index (κ1) is 19.0. The topological polar surface area (TPSA) is 86.7 Å². The maximum atomic E-state index is 12.7. The molecule has 136 valence electrons. The summed E-state index contributed by atoms with van der Waals surface area (Å²) in [5.41, 5.74) is 0.0673. The molecule has 1 aliphatic rings. The van der Waals surface area contributed by atoms with Crippen molar-refractivity contribution in [1.82, 2.24) is 10.2 Å². The quantitative estimate of drug-likeness (QED) is 0.876. The molecule has 0 spiro atoms. The summed E-state index contributed by atoms with van der Waals surface area (Å²) in [6, 6.07) is 6.11. The Kier molecular flexibility index (Phi) is 5.82. The highest BCUT2D eigenvalue weighted by Gasteiger charge is 2.27. The standard InChI is InChI=1S/C19H26N2O4/c1-19(2,3)18(25)20-11-13-6-5-9-21(12-13)16(22)14-7-4-8-15(10-14)17(23)24/h4,7-8,10,13H,5-6,9,11-12H2,1-3H3,(H,20,25)(H,23,24). The maximum Gasteiger partial charge on any atom is 0.335 e. The van der Waals surface area contributed by atoms with E-state index in [2.05, 4.69) is 5.32 Å². The van der Waals surface area contributed by atoms with Gasteiger partial charge in [0.05, 0.1) is 5.56 Å². The number of rotatable bonds is 4. The zero-order chi connectivity index (χ0) is 18.6. The molecule has 2 N–H and O–H groups in total. The zero-order valence-electron chi connectivity index (χ0n) is 15.0. The van der Waals surface area contributed by atoms with Gasteiger partial charge < -0.3 is 15.3 Å². The monoisotopic (exact) mass is 346 g/mol. The summed E-state index contributed by atoms with van der Waals surface area (Å²) in [4.78, 5) is 37.5. The molecule has 2 amide bonds. The lowest BCUT2D eigenvalue weighted by Crippen LogP contribution is -2.45. The predicted molar refractivity (Wildman–Crippen MR) is 94.5 cm³/mol. The first-order valence-corrected chi connectivity index (χ1v) is 8.59. The number of nitrogens with zero attached hydrogens (tertiary/aromatic N) is 1. The van der Waals surface area contributed by atoms with Crippen molar-refractivity contribution in [2.45, 2.75) is 33.6 Å². The molecule has 1 unspecified atom stereocenters. The molecule has 25 heavy (non-hydrogen) atoms. The van der Waals surface area contributed by atoms with Gasteiger partial charge in [0, 0.05) is 30.6 Å². The van der Waals surface area contributed by atoms with Gasteiger partial charge in [-0.25, -0.2) is 4.79 Å². The van der Waals surface area contributed by atoms with Gasteiger partial charge in [0.2, 0.25) is 5.91 Å². The van der Waals surface area contributed by atoms with Crippen LogP contribution in [0, 0.1) is 11.3 Å². The number of hydrogen-bond acceptors (Lipinski definition) is 3. The van der Waals surface area contributed by atoms with Gasteiger partial charge >= 0.3 is 5.97 Å². The van der Waals surface area contributed by atoms with Crippen molar-refractivity contribution in [3.05, 3.63) is 35.4 Å². The number of carbonyl (C=O) groups is 3. The highest BCUT2D eigenvalue weighted by molar-refractivity contribution is 5.97. The normalized spacial score (nSPS) is 17.9. The number of aromatic carboxylic acids is 1. The Labute approximate surface area is 148 Å². The van der Waals surface area contributed by atoms with Crippen molar-refractivity contribution < 1.29 is 19.5 Å². The van der Waals surface area contributed by atoms with Gasteiger partial charge in [-0.2, -0.15) is 0 Å². The summed E-state index contributed by atoms with van der Waals surface area (Å²) in [6.45, 7) is 7.38. The molecule has 6 nitrogen and oxygen atoms in total. The average molecular weight is 346 g/mol. The Hall–Kier alpha value is -2.37. The molecule has 0 saturated carbocycles. The third kappa shape index (κ3) is 5.05. The highest BCUT2D eigenvalue weighted by Crippen LogP contribution is 2.20. The van der Waals surface area contributed by atoms with Gasteiger partial charge in [0.25, 0.3) is 5.91 Å². The first-order valence-electron chi connectivity index (χ1n) is 8.59. The van der Waals surface area contributed by atoms with E-state index in [0.29, 0.717) is 25.2 Å². The first-order chi connectivity index (χ1) is 11.7. The van der Waals surface area contributed by atoms with E-state index in [1.165, 1.54) is 12.1 Å². The van der Waals surface area contributed by atoms with Crippen LogP contribution in [0.4, 0.5) is 0 Å². The number of amides is 2. The van der Waals surface area contributed by atoms with E-state index in [4.69, 9.17) is 5.11 Å². The Morgan fingerprint density at radius 3 is 2.56 bits per heavy atom. The van der Waals surface area contributed by atoms with Crippen molar-refractivity contribution in [1.29, 1.82) is 0 Å². The van der Waals surface area contributed by atoms with Crippen LogP contribution in [0.2, 0.25) is 0 Å². The summed E-state index contributed by atoms with van der Waals surface area (Å²) in [7, 11) is 0. The molecule has 1 aromatic rings. The smallest absolute Gasteiger partial charge is 0.335 e. The largest absolute Gasteiger partial charge is 0.478 e. The van der Waals surface area contributed by atoms with Crippen LogP contribution in [-0.2, 0) is 4.79 Å². The molecule has 1 heterocycles. The van der Waals surface area contributed by atoms with Crippen LogP contribution in [0.15, 0.2) is 24.3 Å². The van der Waals surface area contributed by atoms with E-state index in [1.807, 2.05) is 20.8 Å². The van der Waals surface area contributed by atoms with Crippen molar-refractivity contribution in [2.24, 2.45) is 11.3 Å². The Balaban J connectivity index is 1.98. The highest BCUT2D eigenvalue weighted by atomic mass is 16.4. The Bertz CT molecular complexity index is 664. The fraction of sp³-hybridized carbons (Fsp3) is 0.526. The minimum Gasteiger partial charge on any atom is -0.478 e. The molecule has 2 rings (SSSR count). The fourth-order valence-electron chi connectivity index (χ4n) is 2.89. The van der Waals surface area contributed by atoms with E-state index in [9.17, 15) is 14.4 Å². The molecule has 0 aromatic heterocycles. The molecule has 0 aliphatic carbocycles. The number of carbonyl (C=O) groups excluding carboxylic acids is 2. The molecule has 0 radical (unpaired) electrons. The molecule has 1 saturated heterocycles. The second kappa shape index (κ2) is 7.68. The van der Waals surface area contributed by atoms with Gasteiger partial charge in [0.15, 0.2) is 0 Å². The average Bonchev–Trinajstić information content (AvgIpc) is 2.58. The molecule has 1 aromatic carbocycles. The summed E-state index contributed by atoms with van der Waals surface area (Å²) < 4.78 is 0. The number of hydrogen-bond donors (Lipinski definition) is 2. The van der Waals surface area contributed by atoms with Gasteiger partial charge in [0.1, 0.15) is 0 Å². The lowest BCUT2D eigenvalue weighted by molar-refractivity contribution is -0.128. The Morgan fingerprint density at radius 1 is 1.24 bits per heavy atom. The fourth-order valence-corrected chi connectivity index (χ4v) is 2.89. The summed E-state index contributed by atoms with van der Waals surface area (Å²) in [5.74, 6) is -0.984. The van der Waals surface area contributed by atoms with Gasteiger partial charge in [-0.05, 0) is 37.0 Å². The number of likely N-dealkylation sites (tertiary alicyclic amines) is 1. The zero-order valence-corrected chi connectivity index (χ0v) is 15.0. The summed E-state index contributed by atoms with van der Waals surface area (Å²) >= 11 is 0. The number of carboxylic acids is 1. The van der Waals surface area contributed by atoms with E-state index in [-0.39, 0.29) is 23.3 Å². The number of piperidine rings is 1. The van der Waals surface area contributed by atoms with E-state index >= 15 is 0 Å². The third-order valence-electron chi connectivity index (χ3n) is 4.40.